The predicted molar refractivity (Wildman–Crippen MR) is 69.5 cm³/mol. The van der Waals surface area contributed by atoms with Crippen molar-refractivity contribution in [3.05, 3.63) is 35.4 Å². The van der Waals surface area contributed by atoms with Crippen LogP contribution in [0.3, 0.4) is 0 Å². The maximum atomic E-state index is 12.0. The van der Waals surface area contributed by atoms with Crippen molar-refractivity contribution in [3.63, 3.8) is 0 Å². The van der Waals surface area contributed by atoms with E-state index < -0.39 is 12.1 Å². The van der Waals surface area contributed by atoms with Gasteiger partial charge in [0.1, 0.15) is 0 Å². The third-order valence-corrected chi connectivity index (χ3v) is 3.12. The predicted octanol–water partition coefficient (Wildman–Crippen LogP) is 1.16. The third-order valence-electron chi connectivity index (χ3n) is 3.12. The normalized spacial score (nSPS) is 15.3. The van der Waals surface area contributed by atoms with E-state index in [0.29, 0.717) is 17.5 Å². The standard InChI is InChI=1S/C14H15NO5/c1-9(14(18)19)20-8-4-7-15-12(16)10-5-2-3-6-11(10)13(15)17/h2-3,5-6,9H,4,7-8H2,1H3,(H,18,19)/t9-/m0/s1. The van der Waals surface area contributed by atoms with E-state index in [1.165, 1.54) is 11.8 Å². The molecule has 0 saturated carbocycles. The summed E-state index contributed by atoms with van der Waals surface area (Å²) in [6.45, 7) is 1.84. The first kappa shape index (κ1) is 14.2. The monoisotopic (exact) mass is 277 g/mol. The van der Waals surface area contributed by atoms with Gasteiger partial charge in [-0.2, -0.15) is 0 Å². The molecule has 2 rings (SSSR count). The lowest BCUT2D eigenvalue weighted by molar-refractivity contribution is -0.149. The lowest BCUT2D eigenvalue weighted by Gasteiger charge is -2.14. The molecule has 0 bridgehead atoms. The number of benzene rings is 1. The number of carbonyl (C=O) groups excluding carboxylic acids is 2. The van der Waals surface area contributed by atoms with Gasteiger partial charge in [-0.15, -0.1) is 0 Å². The summed E-state index contributed by atoms with van der Waals surface area (Å²) >= 11 is 0. The quantitative estimate of drug-likeness (QED) is 0.623. The number of carboxylic acids is 1. The van der Waals surface area contributed by atoms with Gasteiger partial charge in [-0.1, -0.05) is 12.1 Å². The van der Waals surface area contributed by atoms with Crippen LogP contribution in [0.15, 0.2) is 24.3 Å². The molecule has 0 fully saturated rings. The number of aliphatic carboxylic acids is 1. The average molecular weight is 277 g/mol. The molecule has 0 radical (unpaired) electrons. The number of carbonyl (C=O) groups is 3. The van der Waals surface area contributed by atoms with Crippen LogP contribution in [0.2, 0.25) is 0 Å². The highest BCUT2D eigenvalue weighted by Gasteiger charge is 2.34. The molecule has 6 heteroatoms. The van der Waals surface area contributed by atoms with Gasteiger partial charge in [0.2, 0.25) is 0 Å². The number of hydrogen-bond donors (Lipinski definition) is 1. The molecule has 1 aliphatic heterocycles. The number of hydrogen-bond acceptors (Lipinski definition) is 4. The summed E-state index contributed by atoms with van der Waals surface area (Å²) in [6.07, 6.45) is -0.486. The van der Waals surface area contributed by atoms with Crippen LogP contribution in [0.25, 0.3) is 0 Å². The number of rotatable bonds is 6. The smallest absolute Gasteiger partial charge is 0.332 e. The number of nitrogens with zero attached hydrogens (tertiary/aromatic N) is 1. The minimum Gasteiger partial charge on any atom is -0.479 e. The fraction of sp³-hybridized carbons (Fsp3) is 0.357. The van der Waals surface area contributed by atoms with E-state index >= 15 is 0 Å². The zero-order chi connectivity index (χ0) is 14.7. The van der Waals surface area contributed by atoms with E-state index in [0.717, 1.165) is 0 Å². The number of carboxylic acid groups (broad SMARTS) is 1. The lowest BCUT2D eigenvalue weighted by Crippen LogP contribution is -2.31. The number of fused-ring (bicyclic) bond motifs is 1. The Morgan fingerprint density at radius 3 is 2.30 bits per heavy atom. The Balaban J connectivity index is 1.88. The summed E-state index contributed by atoms with van der Waals surface area (Å²) < 4.78 is 5.06. The summed E-state index contributed by atoms with van der Waals surface area (Å²) in [5.74, 6) is -1.65. The summed E-state index contributed by atoms with van der Waals surface area (Å²) in [5, 5.41) is 8.65. The van der Waals surface area contributed by atoms with Crippen LogP contribution < -0.4 is 0 Å². The van der Waals surface area contributed by atoms with Crippen LogP contribution in [-0.4, -0.2) is 47.0 Å². The Labute approximate surface area is 115 Å². The first-order valence-corrected chi connectivity index (χ1v) is 6.32. The Bertz CT molecular complexity index is 519. The van der Waals surface area contributed by atoms with Crippen molar-refractivity contribution >= 4 is 17.8 Å². The summed E-state index contributed by atoms with van der Waals surface area (Å²) in [7, 11) is 0. The van der Waals surface area contributed by atoms with Crippen LogP contribution >= 0.6 is 0 Å². The van der Waals surface area contributed by atoms with Gasteiger partial charge in [-0.05, 0) is 25.5 Å². The van der Waals surface area contributed by atoms with Gasteiger partial charge < -0.3 is 9.84 Å². The molecule has 1 aromatic carbocycles. The minimum absolute atomic E-state index is 0.181. The molecular formula is C14H15NO5. The molecule has 20 heavy (non-hydrogen) atoms. The van der Waals surface area contributed by atoms with Crippen LogP contribution in [0.4, 0.5) is 0 Å². The zero-order valence-electron chi connectivity index (χ0n) is 11.0. The molecule has 0 aromatic heterocycles. The number of ether oxygens (including phenoxy) is 1. The van der Waals surface area contributed by atoms with Crippen LogP contribution in [0.5, 0.6) is 0 Å². The Morgan fingerprint density at radius 1 is 1.25 bits per heavy atom. The fourth-order valence-electron chi connectivity index (χ4n) is 2.00. The molecule has 1 aromatic rings. The second-order valence-electron chi connectivity index (χ2n) is 4.51. The first-order chi connectivity index (χ1) is 9.52. The topological polar surface area (TPSA) is 83.9 Å². The van der Waals surface area contributed by atoms with Crippen LogP contribution in [0, 0.1) is 0 Å². The highest BCUT2D eigenvalue weighted by atomic mass is 16.5. The number of imide groups is 1. The van der Waals surface area contributed by atoms with Crippen molar-refractivity contribution in [2.45, 2.75) is 19.4 Å². The Hall–Kier alpha value is -2.21. The van der Waals surface area contributed by atoms with Gasteiger partial charge in [0.25, 0.3) is 11.8 Å². The van der Waals surface area contributed by atoms with Crippen LogP contribution in [-0.2, 0) is 9.53 Å². The van der Waals surface area contributed by atoms with Crippen molar-refractivity contribution in [1.82, 2.24) is 4.90 Å². The van der Waals surface area contributed by atoms with Gasteiger partial charge in [0.15, 0.2) is 6.10 Å². The summed E-state index contributed by atoms with van der Waals surface area (Å²) in [4.78, 5) is 35.8. The minimum atomic E-state index is -1.04. The van der Waals surface area contributed by atoms with E-state index in [-0.39, 0.29) is 25.0 Å². The third kappa shape index (κ3) is 2.70. The van der Waals surface area contributed by atoms with E-state index in [1.807, 2.05) is 0 Å². The molecule has 1 aliphatic rings. The molecule has 1 atom stereocenters. The van der Waals surface area contributed by atoms with Gasteiger partial charge in [-0.25, -0.2) is 4.79 Å². The van der Waals surface area contributed by atoms with Gasteiger partial charge >= 0.3 is 5.97 Å². The second-order valence-corrected chi connectivity index (χ2v) is 4.51. The lowest BCUT2D eigenvalue weighted by atomic mass is 10.1. The maximum absolute atomic E-state index is 12.0. The van der Waals surface area contributed by atoms with Crippen molar-refractivity contribution in [2.75, 3.05) is 13.2 Å². The molecule has 1 N–H and O–H groups in total. The van der Waals surface area contributed by atoms with E-state index in [4.69, 9.17) is 9.84 Å². The molecule has 0 spiro atoms. The van der Waals surface area contributed by atoms with E-state index in [1.54, 1.807) is 24.3 Å². The van der Waals surface area contributed by atoms with E-state index in [9.17, 15) is 14.4 Å². The van der Waals surface area contributed by atoms with Crippen molar-refractivity contribution in [3.8, 4) is 0 Å². The summed E-state index contributed by atoms with van der Waals surface area (Å²) in [5.41, 5.74) is 0.828. The highest BCUT2D eigenvalue weighted by Crippen LogP contribution is 2.22. The van der Waals surface area contributed by atoms with Crippen LogP contribution in [0.1, 0.15) is 34.1 Å². The molecule has 0 saturated heterocycles. The Kier molecular flexibility index (Phi) is 4.14. The largest absolute Gasteiger partial charge is 0.479 e. The van der Waals surface area contributed by atoms with Crippen molar-refractivity contribution < 1.29 is 24.2 Å². The molecular weight excluding hydrogens is 262 g/mol. The summed E-state index contributed by atoms with van der Waals surface area (Å²) in [6, 6.07) is 6.67. The zero-order valence-corrected chi connectivity index (χ0v) is 11.0. The SMILES string of the molecule is C[C@H](OCCCN1C(=O)c2ccccc2C1=O)C(=O)O. The van der Waals surface area contributed by atoms with Gasteiger partial charge in [-0.3, -0.25) is 14.5 Å². The number of amides is 2. The second kappa shape index (κ2) is 5.83. The maximum Gasteiger partial charge on any atom is 0.332 e. The molecule has 0 aliphatic carbocycles. The fourth-order valence-corrected chi connectivity index (χ4v) is 2.00. The molecule has 0 unspecified atom stereocenters. The average Bonchev–Trinajstić information content (AvgIpc) is 2.68. The van der Waals surface area contributed by atoms with Gasteiger partial charge in [0, 0.05) is 13.2 Å². The van der Waals surface area contributed by atoms with Crippen molar-refractivity contribution in [2.24, 2.45) is 0 Å². The molecule has 106 valence electrons. The Morgan fingerprint density at radius 2 is 1.80 bits per heavy atom. The first-order valence-electron chi connectivity index (χ1n) is 6.32. The molecule has 2 amide bonds. The highest BCUT2D eigenvalue weighted by molar-refractivity contribution is 6.21. The van der Waals surface area contributed by atoms with Crippen molar-refractivity contribution in [1.29, 1.82) is 0 Å². The molecule has 1 heterocycles. The van der Waals surface area contributed by atoms with E-state index in [2.05, 4.69) is 0 Å². The molecule has 6 nitrogen and oxygen atoms in total. The van der Waals surface area contributed by atoms with Gasteiger partial charge in [0.05, 0.1) is 11.1 Å².